The molecule has 1 aliphatic carbocycles. The predicted molar refractivity (Wildman–Crippen MR) is 66.9 cm³/mol. The van der Waals surface area contributed by atoms with Crippen molar-refractivity contribution in [3.8, 4) is 11.5 Å². The van der Waals surface area contributed by atoms with Crippen LogP contribution in [0.5, 0.6) is 11.5 Å². The van der Waals surface area contributed by atoms with E-state index in [0.29, 0.717) is 17.1 Å². The molecule has 0 radical (unpaired) electrons. The summed E-state index contributed by atoms with van der Waals surface area (Å²) in [5.74, 6) is 0.494. The Morgan fingerprint density at radius 2 is 2.00 bits per heavy atom. The number of nitrogens with two attached hydrogens (primary N) is 1. The van der Waals surface area contributed by atoms with Crippen LogP contribution in [0, 0.1) is 5.82 Å². The standard InChI is InChI=1S/C12H15BrFNO2/c1-16-8-6-7(12(15)4-3-5-12)10(14)9(13)11(8)17-2/h6H,3-5,15H2,1-2H3. The molecular formula is C12H15BrFNO2. The quantitative estimate of drug-likeness (QED) is 0.934. The number of hydrogen-bond acceptors (Lipinski definition) is 3. The lowest BCUT2D eigenvalue weighted by molar-refractivity contribution is 0.242. The van der Waals surface area contributed by atoms with E-state index in [1.54, 1.807) is 6.07 Å². The third-order valence-electron chi connectivity index (χ3n) is 3.33. The molecular weight excluding hydrogens is 289 g/mol. The molecule has 2 rings (SSSR count). The van der Waals surface area contributed by atoms with Crippen LogP contribution in [0.15, 0.2) is 10.5 Å². The molecule has 1 aliphatic rings. The fraction of sp³-hybridized carbons (Fsp3) is 0.500. The minimum Gasteiger partial charge on any atom is -0.493 e. The smallest absolute Gasteiger partial charge is 0.177 e. The molecule has 1 saturated carbocycles. The van der Waals surface area contributed by atoms with E-state index >= 15 is 0 Å². The summed E-state index contributed by atoms with van der Waals surface area (Å²) in [5, 5.41) is 0. The molecule has 3 nitrogen and oxygen atoms in total. The first-order chi connectivity index (χ1) is 8.03. The predicted octanol–water partition coefficient (Wildman–Crippen LogP) is 2.94. The van der Waals surface area contributed by atoms with Gasteiger partial charge in [0.25, 0.3) is 0 Å². The summed E-state index contributed by atoms with van der Waals surface area (Å²) in [7, 11) is 3.00. The molecule has 1 aromatic carbocycles. The molecule has 5 heteroatoms. The minimum absolute atomic E-state index is 0.270. The van der Waals surface area contributed by atoms with Crippen LogP contribution in [-0.2, 0) is 5.54 Å². The van der Waals surface area contributed by atoms with Gasteiger partial charge in [0.2, 0.25) is 0 Å². The number of ether oxygens (including phenoxy) is 2. The first-order valence-corrected chi connectivity index (χ1v) is 6.22. The van der Waals surface area contributed by atoms with E-state index in [2.05, 4.69) is 15.9 Å². The van der Waals surface area contributed by atoms with E-state index in [-0.39, 0.29) is 10.3 Å². The molecule has 1 aromatic rings. The zero-order chi connectivity index (χ0) is 12.6. The molecule has 0 aliphatic heterocycles. The highest BCUT2D eigenvalue weighted by atomic mass is 79.9. The van der Waals surface area contributed by atoms with Crippen LogP contribution in [0.1, 0.15) is 24.8 Å². The van der Waals surface area contributed by atoms with Gasteiger partial charge in [0.15, 0.2) is 11.5 Å². The van der Waals surface area contributed by atoms with Crippen LogP contribution >= 0.6 is 15.9 Å². The molecule has 94 valence electrons. The van der Waals surface area contributed by atoms with E-state index in [4.69, 9.17) is 15.2 Å². The fourth-order valence-electron chi connectivity index (χ4n) is 2.12. The van der Waals surface area contributed by atoms with Gasteiger partial charge < -0.3 is 15.2 Å². The number of rotatable bonds is 3. The monoisotopic (exact) mass is 303 g/mol. The molecule has 1 fully saturated rings. The van der Waals surface area contributed by atoms with Gasteiger partial charge in [-0.05, 0) is 41.3 Å². The van der Waals surface area contributed by atoms with Crippen LogP contribution in [0.2, 0.25) is 0 Å². The molecule has 0 saturated heterocycles. The maximum atomic E-state index is 14.2. The summed E-state index contributed by atoms with van der Waals surface area (Å²) in [5.41, 5.74) is 6.08. The molecule has 0 bridgehead atoms. The van der Waals surface area contributed by atoms with Crippen molar-refractivity contribution >= 4 is 15.9 Å². The van der Waals surface area contributed by atoms with E-state index in [9.17, 15) is 4.39 Å². The Labute approximate surface area is 108 Å². The van der Waals surface area contributed by atoms with E-state index in [0.717, 1.165) is 19.3 Å². The fourth-order valence-corrected chi connectivity index (χ4v) is 2.69. The normalized spacial score (nSPS) is 17.5. The van der Waals surface area contributed by atoms with Crippen molar-refractivity contribution in [3.63, 3.8) is 0 Å². The third-order valence-corrected chi connectivity index (χ3v) is 4.04. The number of methoxy groups -OCH3 is 2. The van der Waals surface area contributed by atoms with Crippen LogP contribution in [0.3, 0.4) is 0 Å². The zero-order valence-electron chi connectivity index (χ0n) is 9.85. The van der Waals surface area contributed by atoms with E-state index in [1.807, 2.05) is 0 Å². The summed E-state index contributed by atoms with van der Waals surface area (Å²) in [4.78, 5) is 0. The molecule has 17 heavy (non-hydrogen) atoms. The summed E-state index contributed by atoms with van der Waals surface area (Å²) in [6.45, 7) is 0. The van der Waals surface area contributed by atoms with Gasteiger partial charge in [0.05, 0.1) is 18.7 Å². The molecule has 0 amide bonds. The molecule has 0 heterocycles. The Morgan fingerprint density at radius 3 is 2.41 bits per heavy atom. The molecule has 2 N–H and O–H groups in total. The van der Waals surface area contributed by atoms with Gasteiger partial charge in [-0.1, -0.05) is 0 Å². The van der Waals surface area contributed by atoms with Gasteiger partial charge in [-0.3, -0.25) is 0 Å². The molecule has 0 atom stereocenters. The Bertz CT molecular complexity index is 447. The van der Waals surface area contributed by atoms with E-state index in [1.165, 1.54) is 14.2 Å². The van der Waals surface area contributed by atoms with Crippen LogP contribution < -0.4 is 15.2 Å². The minimum atomic E-state index is -0.563. The van der Waals surface area contributed by atoms with Crippen molar-refractivity contribution in [2.24, 2.45) is 5.73 Å². The first-order valence-electron chi connectivity index (χ1n) is 5.43. The Balaban J connectivity index is 2.58. The highest BCUT2D eigenvalue weighted by Crippen LogP contribution is 2.46. The first kappa shape index (κ1) is 12.6. The van der Waals surface area contributed by atoms with Gasteiger partial charge in [-0.25, -0.2) is 4.39 Å². The van der Waals surface area contributed by atoms with Gasteiger partial charge >= 0.3 is 0 Å². The van der Waals surface area contributed by atoms with Crippen molar-refractivity contribution in [1.29, 1.82) is 0 Å². The van der Waals surface area contributed by atoms with Crippen molar-refractivity contribution < 1.29 is 13.9 Å². The van der Waals surface area contributed by atoms with Gasteiger partial charge in [-0.2, -0.15) is 0 Å². The summed E-state index contributed by atoms with van der Waals surface area (Å²) in [6, 6.07) is 1.64. The van der Waals surface area contributed by atoms with Gasteiger partial charge in [-0.15, -0.1) is 0 Å². The van der Waals surface area contributed by atoms with Crippen LogP contribution in [0.4, 0.5) is 4.39 Å². The van der Waals surface area contributed by atoms with E-state index < -0.39 is 5.54 Å². The topological polar surface area (TPSA) is 44.5 Å². The summed E-state index contributed by atoms with van der Waals surface area (Å²) in [6.07, 6.45) is 2.62. The second-order valence-corrected chi connectivity index (χ2v) is 5.09. The highest BCUT2D eigenvalue weighted by molar-refractivity contribution is 9.10. The summed E-state index contributed by atoms with van der Waals surface area (Å²) < 4.78 is 24.8. The Hall–Kier alpha value is -0.810. The molecule has 0 spiro atoms. The molecule has 0 aromatic heterocycles. The lowest BCUT2D eigenvalue weighted by Gasteiger charge is -2.39. The summed E-state index contributed by atoms with van der Waals surface area (Å²) >= 11 is 3.19. The lowest BCUT2D eigenvalue weighted by atomic mass is 9.72. The Kier molecular flexibility index (Phi) is 3.32. The highest BCUT2D eigenvalue weighted by Gasteiger charge is 2.38. The SMILES string of the molecule is COc1cc(C2(N)CCC2)c(F)c(Br)c1OC. The van der Waals surface area contributed by atoms with Crippen molar-refractivity contribution in [3.05, 3.63) is 21.9 Å². The number of hydrogen-bond donors (Lipinski definition) is 1. The Morgan fingerprint density at radius 1 is 1.35 bits per heavy atom. The van der Waals surface area contributed by atoms with Crippen LogP contribution in [0.25, 0.3) is 0 Å². The van der Waals surface area contributed by atoms with Gasteiger partial charge in [0.1, 0.15) is 5.82 Å². The van der Waals surface area contributed by atoms with Crippen molar-refractivity contribution in [2.75, 3.05) is 14.2 Å². The number of benzene rings is 1. The third kappa shape index (κ3) is 1.91. The lowest BCUT2D eigenvalue weighted by Crippen LogP contribution is -2.44. The number of halogens is 2. The second-order valence-electron chi connectivity index (χ2n) is 4.30. The van der Waals surface area contributed by atoms with Crippen molar-refractivity contribution in [2.45, 2.75) is 24.8 Å². The van der Waals surface area contributed by atoms with Crippen LogP contribution in [-0.4, -0.2) is 14.2 Å². The van der Waals surface area contributed by atoms with Gasteiger partial charge in [0, 0.05) is 11.1 Å². The zero-order valence-corrected chi connectivity index (χ0v) is 11.4. The average molecular weight is 304 g/mol. The second kappa shape index (κ2) is 4.46. The maximum Gasteiger partial charge on any atom is 0.177 e. The maximum absolute atomic E-state index is 14.2. The average Bonchev–Trinajstić information content (AvgIpc) is 2.29. The molecule has 0 unspecified atom stereocenters. The van der Waals surface area contributed by atoms with Crippen molar-refractivity contribution in [1.82, 2.24) is 0 Å². The largest absolute Gasteiger partial charge is 0.493 e.